The first-order chi connectivity index (χ1) is 13.4. The maximum absolute atomic E-state index is 10.0. The van der Waals surface area contributed by atoms with Gasteiger partial charge in [-0.3, -0.25) is 0 Å². The van der Waals surface area contributed by atoms with Gasteiger partial charge in [0.15, 0.2) is 0 Å². The molecule has 1 unspecified atom stereocenters. The van der Waals surface area contributed by atoms with Crippen molar-refractivity contribution in [2.75, 3.05) is 0 Å². The Bertz CT molecular complexity index is 749. The molecule has 2 aliphatic carbocycles. The van der Waals surface area contributed by atoms with Gasteiger partial charge >= 0.3 is 0 Å². The fourth-order valence-corrected chi connectivity index (χ4v) is 4.52. The van der Waals surface area contributed by atoms with Gasteiger partial charge in [-0.05, 0) is 61.5 Å². The lowest BCUT2D eigenvalue weighted by Gasteiger charge is -2.41. The third-order valence-corrected chi connectivity index (χ3v) is 6.25. The Morgan fingerprint density at radius 3 is 2.69 bits per heavy atom. The molecule has 3 heteroatoms. The Hall–Kier alpha value is -1.60. The van der Waals surface area contributed by atoms with Crippen molar-refractivity contribution in [2.24, 2.45) is 17.3 Å². The Kier molecular flexibility index (Phi) is 7.74. The summed E-state index contributed by atoms with van der Waals surface area (Å²) in [6, 6.07) is 0. The van der Waals surface area contributed by atoms with Crippen molar-refractivity contribution in [1.82, 2.24) is 0 Å². The summed E-state index contributed by atoms with van der Waals surface area (Å²) in [7, 11) is 0. The minimum absolute atomic E-state index is 0.0334. The van der Waals surface area contributed by atoms with Crippen LogP contribution in [-0.4, -0.2) is 33.1 Å². The van der Waals surface area contributed by atoms with Gasteiger partial charge < -0.3 is 15.3 Å². The molecule has 0 amide bonds. The predicted molar refractivity (Wildman–Crippen MR) is 120 cm³/mol. The highest BCUT2D eigenvalue weighted by Gasteiger charge is 2.35. The Labute approximate surface area is 176 Å². The first kappa shape index (κ1) is 23.7. The minimum atomic E-state index is -0.945. The van der Waals surface area contributed by atoms with E-state index >= 15 is 0 Å². The molecule has 3 nitrogen and oxygen atoms in total. The van der Waals surface area contributed by atoms with Gasteiger partial charge in [0, 0.05) is 12.8 Å². The molecule has 0 bridgehead atoms. The second-order valence-corrected chi connectivity index (χ2v) is 9.74. The van der Waals surface area contributed by atoms with E-state index in [4.69, 9.17) is 0 Å². The molecule has 0 aromatic rings. The van der Waals surface area contributed by atoms with Crippen LogP contribution in [0.3, 0.4) is 0 Å². The van der Waals surface area contributed by atoms with Gasteiger partial charge in [-0.1, -0.05) is 69.1 Å². The monoisotopic (exact) mass is 398 g/mol. The molecule has 0 aromatic carbocycles. The highest BCUT2D eigenvalue weighted by Crippen LogP contribution is 2.46. The molecule has 160 valence electrons. The molecule has 1 saturated carbocycles. The van der Waals surface area contributed by atoms with Crippen LogP contribution in [0.15, 0.2) is 47.6 Å². The molecule has 3 N–H and O–H groups in total. The molecule has 2 aliphatic rings. The van der Waals surface area contributed by atoms with Gasteiger partial charge in [-0.25, -0.2) is 0 Å². The third kappa shape index (κ3) is 6.44. The van der Waals surface area contributed by atoms with Crippen molar-refractivity contribution in [3.8, 4) is 11.8 Å². The maximum Gasteiger partial charge on any atom is 0.119 e. The van der Waals surface area contributed by atoms with Crippen molar-refractivity contribution in [1.29, 1.82) is 0 Å². The minimum Gasteiger partial charge on any atom is -0.393 e. The third-order valence-electron chi connectivity index (χ3n) is 6.25. The molecule has 0 spiro atoms. The fraction of sp³-hybridized carbons (Fsp3) is 0.615. The molecule has 0 saturated heterocycles. The SMILES string of the molecule is C=C1/C(=C\C=C\C2CCC=C([C@@H](C)CC#CC(C)(C)O)C2(C)C)C[C@@H](O)C[C@@H]1O. The summed E-state index contributed by atoms with van der Waals surface area (Å²) in [5.74, 6) is 6.83. The zero-order chi connectivity index (χ0) is 21.8. The summed E-state index contributed by atoms with van der Waals surface area (Å²) in [6.07, 6.45) is 11.4. The predicted octanol–water partition coefficient (Wildman–Crippen LogP) is 4.70. The average Bonchev–Trinajstić information content (AvgIpc) is 2.58. The number of hydrogen-bond donors (Lipinski definition) is 3. The van der Waals surface area contributed by atoms with Crippen LogP contribution in [0.5, 0.6) is 0 Å². The van der Waals surface area contributed by atoms with Crippen LogP contribution in [0.1, 0.15) is 66.7 Å². The highest BCUT2D eigenvalue weighted by atomic mass is 16.3. The van der Waals surface area contributed by atoms with Crippen molar-refractivity contribution in [3.63, 3.8) is 0 Å². The lowest BCUT2D eigenvalue weighted by molar-refractivity contribution is 0.0862. The second-order valence-electron chi connectivity index (χ2n) is 9.74. The van der Waals surface area contributed by atoms with Crippen LogP contribution in [0.2, 0.25) is 0 Å². The van der Waals surface area contributed by atoms with E-state index in [9.17, 15) is 15.3 Å². The maximum atomic E-state index is 10.0. The molecule has 0 radical (unpaired) electrons. The van der Waals surface area contributed by atoms with E-state index in [1.54, 1.807) is 13.8 Å². The Morgan fingerprint density at radius 2 is 2.03 bits per heavy atom. The molecule has 2 rings (SSSR count). The quantitative estimate of drug-likeness (QED) is 0.475. The average molecular weight is 399 g/mol. The normalized spacial score (nSPS) is 30.1. The van der Waals surface area contributed by atoms with Crippen LogP contribution >= 0.6 is 0 Å². The molecule has 0 aromatic heterocycles. The first-order valence-electron chi connectivity index (χ1n) is 10.8. The zero-order valence-electron chi connectivity index (χ0n) is 18.7. The lowest BCUT2D eigenvalue weighted by atomic mass is 9.64. The molecular weight excluding hydrogens is 360 g/mol. The summed E-state index contributed by atoms with van der Waals surface area (Å²) in [5.41, 5.74) is 2.18. The smallest absolute Gasteiger partial charge is 0.119 e. The van der Waals surface area contributed by atoms with Gasteiger partial charge in [-0.2, -0.15) is 0 Å². The van der Waals surface area contributed by atoms with Gasteiger partial charge in [0.2, 0.25) is 0 Å². The van der Waals surface area contributed by atoms with Gasteiger partial charge in [0.25, 0.3) is 0 Å². The molecule has 1 fully saturated rings. The second kappa shape index (κ2) is 9.47. The van der Waals surface area contributed by atoms with Gasteiger partial charge in [-0.15, -0.1) is 0 Å². The zero-order valence-corrected chi connectivity index (χ0v) is 18.7. The van der Waals surface area contributed by atoms with Crippen LogP contribution in [0, 0.1) is 29.1 Å². The summed E-state index contributed by atoms with van der Waals surface area (Å²) >= 11 is 0. The molecule has 0 aliphatic heterocycles. The van der Waals surface area contributed by atoms with Crippen LogP contribution in [0.4, 0.5) is 0 Å². The van der Waals surface area contributed by atoms with Crippen molar-refractivity contribution < 1.29 is 15.3 Å². The van der Waals surface area contributed by atoms with E-state index in [1.165, 1.54) is 5.57 Å². The van der Waals surface area contributed by atoms with Crippen molar-refractivity contribution >= 4 is 0 Å². The Balaban J connectivity index is 2.10. The fourth-order valence-electron chi connectivity index (χ4n) is 4.52. The number of hydrogen-bond acceptors (Lipinski definition) is 3. The topological polar surface area (TPSA) is 60.7 Å². The van der Waals surface area contributed by atoms with Crippen molar-refractivity contribution in [2.45, 2.75) is 84.5 Å². The summed E-state index contributed by atoms with van der Waals surface area (Å²) in [6.45, 7) is 14.2. The lowest BCUT2D eigenvalue weighted by Crippen LogP contribution is -2.31. The van der Waals surface area contributed by atoms with E-state index < -0.39 is 17.8 Å². The number of rotatable bonds is 4. The number of aliphatic hydroxyl groups is 3. The van der Waals surface area contributed by atoms with Crippen molar-refractivity contribution in [3.05, 3.63) is 47.6 Å². The van der Waals surface area contributed by atoms with Gasteiger partial charge in [0.05, 0.1) is 12.2 Å². The first-order valence-corrected chi connectivity index (χ1v) is 10.8. The van der Waals surface area contributed by atoms with E-state index in [-0.39, 0.29) is 5.41 Å². The summed E-state index contributed by atoms with van der Waals surface area (Å²) in [5, 5.41) is 29.7. The van der Waals surface area contributed by atoms with E-state index in [0.29, 0.717) is 24.7 Å². The van der Waals surface area contributed by atoms with Gasteiger partial charge in [0.1, 0.15) is 5.60 Å². The van der Waals surface area contributed by atoms with E-state index in [1.807, 2.05) is 6.08 Å². The van der Waals surface area contributed by atoms with Crippen LogP contribution in [0.25, 0.3) is 0 Å². The number of allylic oxidation sites excluding steroid dienone is 5. The van der Waals surface area contributed by atoms with E-state index in [0.717, 1.165) is 30.4 Å². The van der Waals surface area contributed by atoms with Crippen LogP contribution < -0.4 is 0 Å². The highest BCUT2D eigenvalue weighted by molar-refractivity contribution is 5.37. The summed E-state index contributed by atoms with van der Waals surface area (Å²) in [4.78, 5) is 0. The molecule has 4 atom stereocenters. The Morgan fingerprint density at radius 1 is 1.34 bits per heavy atom. The molecular formula is C26H38O3. The molecule has 0 heterocycles. The standard InChI is InChI=1S/C26H38O3/c1-18(10-9-15-25(3,4)29)23-14-8-13-21(26(23,5)6)12-7-11-20-16-22(27)17-24(28)19(20)2/h7,11-12,14,18,21-22,24,27-29H,2,8,10,13,16-17H2,1,3-6H3/b12-7+,20-11-/t18-,21?,22+,24-/m0/s1. The van der Waals surface area contributed by atoms with E-state index in [2.05, 4.69) is 57.4 Å². The largest absolute Gasteiger partial charge is 0.393 e. The molecule has 29 heavy (non-hydrogen) atoms. The summed E-state index contributed by atoms with van der Waals surface area (Å²) < 4.78 is 0. The van der Waals surface area contributed by atoms with Crippen LogP contribution in [-0.2, 0) is 0 Å². The number of aliphatic hydroxyl groups excluding tert-OH is 2.